The first-order valence-electron chi connectivity index (χ1n) is 7.88. The summed E-state index contributed by atoms with van der Waals surface area (Å²) < 4.78 is 40.8. The molecule has 7 heteroatoms. The summed E-state index contributed by atoms with van der Waals surface area (Å²) in [7, 11) is 0. The van der Waals surface area contributed by atoms with Crippen LogP contribution in [0.5, 0.6) is 0 Å². The molecule has 0 spiro atoms. The second kappa shape index (κ2) is 8.49. The Hall–Kier alpha value is -1.86. The Morgan fingerprint density at radius 2 is 1.76 bits per heavy atom. The molecule has 1 amide bonds. The maximum absolute atomic E-state index is 13.7. The summed E-state index contributed by atoms with van der Waals surface area (Å²) in [6.45, 7) is 3.68. The fourth-order valence-electron chi connectivity index (χ4n) is 2.50. The molecule has 2 rings (SSSR count). The molecule has 3 nitrogen and oxygen atoms in total. The minimum Gasteiger partial charge on any atom is -0.330 e. The lowest BCUT2D eigenvalue weighted by Gasteiger charge is -2.19. The fraction of sp³-hybridized carbons (Fsp3) is 0.278. The van der Waals surface area contributed by atoms with Gasteiger partial charge in [-0.2, -0.15) is 0 Å². The second-order valence-corrected chi connectivity index (χ2v) is 6.68. The number of hydrogen-bond acceptors (Lipinski definition) is 1. The average molecular weight is 416 g/mol. The molecule has 2 atom stereocenters. The van der Waals surface area contributed by atoms with Crippen LogP contribution in [0.25, 0.3) is 0 Å². The van der Waals surface area contributed by atoms with Gasteiger partial charge in [-0.1, -0.05) is 35.0 Å². The van der Waals surface area contributed by atoms with Gasteiger partial charge in [0.1, 0.15) is 6.04 Å². The van der Waals surface area contributed by atoms with Crippen molar-refractivity contribution in [2.24, 2.45) is 0 Å². The summed E-state index contributed by atoms with van der Waals surface area (Å²) in [4.78, 5) is 12.3. The molecule has 0 saturated heterocycles. The van der Waals surface area contributed by atoms with Crippen LogP contribution >= 0.6 is 15.9 Å². The number of nitrogens with one attached hydrogen (secondary N) is 1. The van der Waals surface area contributed by atoms with Crippen LogP contribution in [0.1, 0.15) is 31.9 Å². The van der Waals surface area contributed by atoms with Crippen LogP contribution in [-0.2, 0) is 4.79 Å². The molecule has 0 aliphatic heterocycles. The van der Waals surface area contributed by atoms with Gasteiger partial charge in [0.25, 0.3) is 5.91 Å². The Morgan fingerprint density at radius 3 is 2.36 bits per heavy atom. The van der Waals surface area contributed by atoms with E-state index >= 15 is 0 Å². The summed E-state index contributed by atoms with van der Waals surface area (Å²) in [6.07, 6.45) is 0.790. The van der Waals surface area contributed by atoms with E-state index in [1.54, 1.807) is 6.92 Å². The summed E-state index contributed by atoms with van der Waals surface area (Å²) >= 11 is 3.38. The third-order valence-corrected chi connectivity index (χ3v) is 4.49. The molecule has 2 aromatic rings. The molecule has 134 valence electrons. The third kappa shape index (κ3) is 4.83. The molecule has 0 bridgehead atoms. The van der Waals surface area contributed by atoms with Crippen LogP contribution < -0.4 is 10.6 Å². The zero-order valence-corrected chi connectivity index (χ0v) is 15.4. The molecule has 2 aromatic carbocycles. The van der Waals surface area contributed by atoms with E-state index in [0.29, 0.717) is 0 Å². The van der Waals surface area contributed by atoms with Gasteiger partial charge in [-0.15, -0.1) is 0 Å². The van der Waals surface area contributed by atoms with Crippen molar-refractivity contribution in [1.82, 2.24) is 0 Å². The van der Waals surface area contributed by atoms with Gasteiger partial charge in [-0.25, -0.2) is 13.2 Å². The lowest BCUT2D eigenvalue weighted by molar-refractivity contribution is -0.713. The van der Waals surface area contributed by atoms with E-state index in [-0.39, 0.29) is 11.7 Å². The zero-order chi connectivity index (χ0) is 18.6. The van der Waals surface area contributed by atoms with Crippen LogP contribution in [0, 0.1) is 17.5 Å². The molecular weight excluding hydrogens is 397 g/mol. The number of rotatable bonds is 6. The normalized spacial score (nSPS) is 13.4. The molecule has 0 aromatic heterocycles. The van der Waals surface area contributed by atoms with Crippen LogP contribution in [0.4, 0.5) is 18.9 Å². The van der Waals surface area contributed by atoms with Gasteiger partial charge in [0, 0.05) is 16.5 Å². The van der Waals surface area contributed by atoms with Crippen molar-refractivity contribution in [2.45, 2.75) is 32.4 Å². The van der Waals surface area contributed by atoms with Crippen molar-refractivity contribution < 1.29 is 23.3 Å². The quantitative estimate of drug-likeness (QED) is 0.690. The maximum atomic E-state index is 13.7. The molecule has 0 aliphatic carbocycles. The molecule has 0 saturated carbocycles. The number of halogens is 4. The fourth-order valence-corrected chi connectivity index (χ4v) is 2.76. The van der Waals surface area contributed by atoms with Crippen molar-refractivity contribution in [1.29, 1.82) is 0 Å². The smallest absolute Gasteiger partial charge is 0.282 e. The van der Waals surface area contributed by atoms with Crippen molar-refractivity contribution >= 4 is 27.5 Å². The first kappa shape index (κ1) is 19.5. The van der Waals surface area contributed by atoms with Crippen molar-refractivity contribution in [3.05, 3.63) is 63.9 Å². The number of nitrogens with two attached hydrogens (primary N) is 1. The monoisotopic (exact) mass is 415 g/mol. The second-order valence-electron chi connectivity index (χ2n) is 5.76. The molecule has 0 radical (unpaired) electrons. The standard InChI is InChI=1S/C18H18BrF3N2O/c1-3-14(11-4-6-12(19)7-5-11)23-10(2)18(25)24-15-9-8-13(20)16(21)17(15)22/h4-10,14,23H,3H2,1-2H3,(H,24,25)/p+1/t10-,14+/m0/s1. The first-order chi connectivity index (χ1) is 11.8. The Bertz CT molecular complexity index is 753. The number of benzene rings is 2. The van der Waals surface area contributed by atoms with Crippen molar-refractivity contribution in [3.8, 4) is 0 Å². The predicted molar refractivity (Wildman–Crippen MR) is 93.5 cm³/mol. The van der Waals surface area contributed by atoms with Gasteiger partial charge < -0.3 is 10.6 Å². The van der Waals surface area contributed by atoms with Crippen LogP contribution in [-0.4, -0.2) is 11.9 Å². The summed E-state index contributed by atoms with van der Waals surface area (Å²) in [6, 6.07) is 9.07. The maximum Gasteiger partial charge on any atom is 0.282 e. The van der Waals surface area contributed by atoms with Gasteiger partial charge in [0.2, 0.25) is 0 Å². The Morgan fingerprint density at radius 1 is 1.12 bits per heavy atom. The van der Waals surface area contributed by atoms with Gasteiger partial charge in [0.15, 0.2) is 23.5 Å². The average Bonchev–Trinajstić information content (AvgIpc) is 2.60. The number of carbonyl (C=O) groups excluding carboxylic acids is 1. The Labute approximate surface area is 152 Å². The van der Waals surface area contributed by atoms with E-state index in [1.807, 2.05) is 36.5 Å². The third-order valence-electron chi connectivity index (χ3n) is 3.97. The molecule has 0 unspecified atom stereocenters. The highest BCUT2D eigenvalue weighted by Gasteiger charge is 2.24. The van der Waals surface area contributed by atoms with Gasteiger partial charge in [0.05, 0.1) is 5.69 Å². The lowest BCUT2D eigenvalue weighted by Crippen LogP contribution is -2.92. The first-order valence-corrected chi connectivity index (χ1v) is 8.67. The highest BCUT2D eigenvalue weighted by Crippen LogP contribution is 2.20. The lowest BCUT2D eigenvalue weighted by atomic mass is 10.0. The summed E-state index contributed by atoms with van der Waals surface area (Å²) in [5.74, 6) is -4.78. The number of quaternary nitrogens is 1. The highest BCUT2D eigenvalue weighted by atomic mass is 79.9. The van der Waals surface area contributed by atoms with E-state index in [4.69, 9.17) is 0 Å². The number of carbonyl (C=O) groups is 1. The van der Waals surface area contributed by atoms with Crippen LogP contribution in [0.3, 0.4) is 0 Å². The minimum atomic E-state index is -1.60. The molecule has 0 aliphatic rings. The molecular formula is C18H19BrF3N2O+. The number of hydrogen-bond donors (Lipinski definition) is 2. The largest absolute Gasteiger partial charge is 0.330 e. The van der Waals surface area contributed by atoms with E-state index < -0.39 is 29.4 Å². The number of amides is 1. The van der Waals surface area contributed by atoms with E-state index in [0.717, 1.165) is 28.6 Å². The Balaban J connectivity index is 2.06. The van der Waals surface area contributed by atoms with Crippen LogP contribution in [0.2, 0.25) is 0 Å². The van der Waals surface area contributed by atoms with Crippen molar-refractivity contribution in [2.75, 3.05) is 5.32 Å². The van der Waals surface area contributed by atoms with E-state index in [1.165, 1.54) is 0 Å². The SMILES string of the molecule is CC[C@@H]([NH2+][C@@H](C)C(=O)Nc1ccc(F)c(F)c1F)c1ccc(Br)cc1. The topological polar surface area (TPSA) is 45.7 Å². The van der Waals surface area contributed by atoms with Gasteiger partial charge in [-0.05, 0) is 31.2 Å². The summed E-state index contributed by atoms with van der Waals surface area (Å²) in [5, 5.41) is 4.17. The molecule has 0 fully saturated rings. The van der Waals surface area contributed by atoms with E-state index in [2.05, 4.69) is 21.2 Å². The zero-order valence-electron chi connectivity index (χ0n) is 13.8. The number of anilines is 1. The van der Waals surface area contributed by atoms with E-state index in [9.17, 15) is 18.0 Å². The highest BCUT2D eigenvalue weighted by molar-refractivity contribution is 9.10. The minimum absolute atomic E-state index is 0.0450. The predicted octanol–water partition coefficient (Wildman–Crippen LogP) is 3.91. The molecule has 25 heavy (non-hydrogen) atoms. The van der Waals surface area contributed by atoms with Gasteiger partial charge >= 0.3 is 0 Å². The van der Waals surface area contributed by atoms with Gasteiger partial charge in [-0.3, -0.25) is 4.79 Å². The summed E-state index contributed by atoms with van der Waals surface area (Å²) in [5.41, 5.74) is 0.685. The Kier molecular flexibility index (Phi) is 6.61. The van der Waals surface area contributed by atoms with Crippen LogP contribution in [0.15, 0.2) is 40.9 Å². The van der Waals surface area contributed by atoms with Crippen molar-refractivity contribution in [3.63, 3.8) is 0 Å². The molecule has 0 heterocycles. The molecule has 3 N–H and O–H groups in total.